The molecular formula is C18H25NO3. The summed E-state index contributed by atoms with van der Waals surface area (Å²) in [6.07, 6.45) is 6.27. The summed E-state index contributed by atoms with van der Waals surface area (Å²) in [5.74, 6) is 1.15. The van der Waals surface area contributed by atoms with Crippen LogP contribution >= 0.6 is 0 Å². The van der Waals surface area contributed by atoms with Crippen LogP contribution in [0.3, 0.4) is 0 Å². The fourth-order valence-electron chi connectivity index (χ4n) is 3.71. The SMILES string of the molecule is CC(=O)NC1CCOc2ccc(C(O)C3CCCCC3)cc21. The van der Waals surface area contributed by atoms with Gasteiger partial charge < -0.3 is 15.2 Å². The monoisotopic (exact) mass is 303 g/mol. The number of carbonyl (C=O) groups excluding carboxylic acids is 1. The number of aliphatic hydroxyl groups is 1. The van der Waals surface area contributed by atoms with E-state index >= 15 is 0 Å². The molecule has 0 bridgehead atoms. The van der Waals surface area contributed by atoms with Gasteiger partial charge in [-0.05, 0) is 36.5 Å². The zero-order valence-electron chi connectivity index (χ0n) is 13.2. The van der Waals surface area contributed by atoms with Crippen LogP contribution < -0.4 is 10.1 Å². The molecule has 2 atom stereocenters. The zero-order valence-corrected chi connectivity index (χ0v) is 13.2. The highest BCUT2D eigenvalue weighted by atomic mass is 16.5. The van der Waals surface area contributed by atoms with Crippen molar-refractivity contribution in [3.63, 3.8) is 0 Å². The van der Waals surface area contributed by atoms with Crippen LogP contribution in [0.15, 0.2) is 18.2 Å². The van der Waals surface area contributed by atoms with E-state index in [1.807, 2.05) is 18.2 Å². The van der Waals surface area contributed by atoms with Crippen LogP contribution in [-0.2, 0) is 4.79 Å². The average molecular weight is 303 g/mol. The summed E-state index contributed by atoms with van der Waals surface area (Å²) in [6.45, 7) is 2.15. The van der Waals surface area contributed by atoms with Gasteiger partial charge in [-0.25, -0.2) is 0 Å². The quantitative estimate of drug-likeness (QED) is 0.901. The number of fused-ring (bicyclic) bond motifs is 1. The standard InChI is InChI=1S/C18H25NO3/c1-12(20)19-16-9-10-22-17-8-7-14(11-15(16)17)18(21)13-5-3-2-4-6-13/h7-8,11,13,16,18,21H,2-6,9-10H2,1H3,(H,19,20). The minimum Gasteiger partial charge on any atom is -0.493 e. The first-order valence-electron chi connectivity index (χ1n) is 8.37. The van der Waals surface area contributed by atoms with Crippen LogP contribution in [-0.4, -0.2) is 17.6 Å². The van der Waals surface area contributed by atoms with E-state index in [1.54, 1.807) is 0 Å². The summed E-state index contributed by atoms with van der Waals surface area (Å²) in [4.78, 5) is 11.4. The van der Waals surface area contributed by atoms with Crippen molar-refractivity contribution in [2.75, 3.05) is 6.61 Å². The molecular weight excluding hydrogens is 278 g/mol. The molecule has 1 heterocycles. The minimum atomic E-state index is -0.412. The summed E-state index contributed by atoms with van der Waals surface area (Å²) in [7, 11) is 0. The second kappa shape index (κ2) is 6.69. The number of nitrogens with one attached hydrogen (secondary N) is 1. The summed E-state index contributed by atoms with van der Waals surface area (Å²) >= 11 is 0. The van der Waals surface area contributed by atoms with Crippen molar-refractivity contribution in [2.45, 2.75) is 57.6 Å². The Hall–Kier alpha value is -1.55. The first-order chi connectivity index (χ1) is 10.6. The van der Waals surface area contributed by atoms with Crippen LogP contribution in [0.25, 0.3) is 0 Å². The summed E-state index contributed by atoms with van der Waals surface area (Å²) in [5, 5.41) is 13.7. The van der Waals surface area contributed by atoms with Gasteiger partial charge in [0, 0.05) is 18.9 Å². The maximum Gasteiger partial charge on any atom is 0.217 e. The third-order valence-electron chi connectivity index (χ3n) is 4.89. The predicted molar refractivity (Wildman–Crippen MR) is 84.6 cm³/mol. The predicted octanol–water partition coefficient (Wildman–Crippen LogP) is 3.26. The van der Waals surface area contributed by atoms with Crippen molar-refractivity contribution in [1.29, 1.82) is 0 Å². The third kappa shape index (κ3) is 3.27. The maximum atomic E-state index is 11.4. The van der Waals surface area contributed by atoms with Crippen molar-refractivity contribution in [2.24, 2.45) is 5.92 Å². The molecule has 1 saturated carbocycles. The average Bonchev–Trinajstić information content (AvgIpc) is 2.54. The normalized spacial score (nSPS) is 23.3. The van der Waals surface area contributed by atoms with Gasteiger partial charge in [0.05, 0.1) is 18.8 Å². The lowest BCUT2D eigenvalue weighted by Crippen LogP contribution is -2.30. The first kappa shape index (κ1) is 15.3. The number of ether oxygens (including phenoxy) is 1. The fourth-order valence-corrected chi connectivity index (χ4v) is 3.71. The second-order valence-electron chi connectivity index (χ2n) is 6.53. The Kier molecular flexibility index (Phi) is 4.67. The highest BCUT2D eigenvalue weighted by Crippen LogP contribution is 2.38. The lowest BCUT2D eigenvalue weighted by Gasteiger charge is -2.30. The minimum absolute atomic E-state index is 0.0141. The molecule has 1 fully saturated rings. The number of aliphatic hydroxyl groups excluding tert-OH is 1. The van der Waals surface area contributed by atoms with Crippen molar-refractivity contribution in [3.8, 4) is 5.75 Å². The highest BCUT2D eigenvalue weighted by molar-refractivity contribution is 5.73. The molecule has 2 N–H and O–H groups in total. The first-order valence-corrected chi connectivity index (χ1v) is 8.37. The van der Waals surface area contributed by atoms with E-state index in [2.05, 4.69) is 5.32 Å². The molecule has 0 radical (unpaired) electrons. The van der Waals surface area contributed by atoms with Crippen LogP contribution in [0.1, 0.15) is 68.7 Å². The Bertz CT molecular complexity index is 537. The highest BCUT2D eigenvalue weighted by Gasteiger charge is 2.27. The molecule has 1 aliphatic carbocycles. The van der Waals surface area contributed by atoms with Gasteiger partial charge in [-0.3, -0.25) is 4.79 Å². The zero-order chi connectivity index (χ0) is 15.5. The number of hydrogen-bond acceptors (Lipinski definition) is 3. The lowest BCUT2D eigenvalue weighted by atomic mass is 9.82. The summed E-state index contributed by atoms with van der Waals surface area (Å²) in [6, 6.07) is 5.91. The number of hydrogen-bond donors (Lipinski definition) is 2. The number of carbonyl (C=O) groups is 1. The van der Waals surface area contributed by atoms with Gasteiger partial charge in [0.1, 0.15) is 5.75 Å². The molecule has 3 rings (SSSR count). The summed E-state index contributed by atoms with van der Waals surface area (Å²) < 4.78 is 5.68. The van der Waals surface area contributed by atoms with Crippen molar-refractivity contribution < 1.29 is 14.6 Å². The van der Waals surface area contributed by atoms with Crippen LogP contribution in [0, 0.1) is 5.92 Å². The van der Waals surface area contributed by atoms with Gasteiger partial charge in [-0.2, -0.15) is 0 Å². The Labute approximate surface area is 131 Å². The molecule has 1 aliphatic heterocycles. The van der Waals surface area contributed by atoms with Gasteiger partial charge in [-0.15, -0.1) is 0 Å². The Morgan fingerprint density at radius 2 is 2.05 bits per heavy atom. The van der Waals surface area contributed by atoms with Crippen LogP contribution in [0.4, 0.5) is 0 Å². The van der Waals surface area contributed by atoms with Crippen molar-refractivity contribution in [1.82, 2.24) is 5.32 Å². The van der Waals surface area contributed by atoms with E-state index < -0.39 is 6.10 Å². The van der Waals surface area contributed by atoms with Gasteiger partial charge in [0.2, 0.25) is 5.91 Å². The van der Waals surface area contributed by atoms with E-state index in [0.29, 0.717) is 12.5 Å². The maximum absolute atomic E-state index is 11.4. The molecule has 1 amide bonds. The van der Waals surface area contributed by atoms with Gasteiger partial charge in [0.15, 0.2) is 0 Å². The Morgan fingerprint density at radius 1 is 1.27 bits per heavy atom. The van der Waals surface area contributed by atoms with E-state index in [4.69, 9.17) is 4.74 Å². The molecule has 0 spiro atoms. The Balaban J connectivity index is 1.83. The van der Waals surface area contributed by atoms with Gasteiger partial charge in [-0.1, -0.05) is 25.3 Å². The molecule has 4 heteroatoms. The third-order valence-corrected chi connectivity index (χ3v) is 4.89. The fraction of sp³-hybridized carbons (Fsp3) is 0.611. The number of amides is 1. The molecule has 1 aromatic carbocycles. The van der Waals surface area contributed by atoms with Gasteiger partial charge in [0.25, 0.3) is 0 Å². The molecule has 4 nitrogen and oxygen atoms in total. The molecule has 1 aromatic rings. The van der Waals surface area contributed by atoms with Crippen molar-refractivity contribution >= 4 is 5.91 Å². The number of benzene rings is 1. The second-order valence-corrected chi connectivity index (χ2v) is 6.53. The molecule has 2 unspecified atom stereocenters. The van der Waals surface area contributed by atoms with E-state index in [1.165, 1.54) is 26.2 Å². The molecule has 0 aromatic heterocycles. The van der Waals surface area contributed by atoms with Crippen LogP contribution in [0.5, 0.6) is 5.75 Å². The van der Waals surface area contributed by atoms with Crippen molar-refractivity contribution in [3.05, 3.63) is 29.3 Å². The molecule has 22 heavy (non-hydrogen) atoms. The van der Waals surface area contributed by atoms with E-state index in [9.17, 15) is 9.90 Å². The number of rotatable bonds is 3. The summed E-state index contributed by atoms with van der Waals surface area (Å²) in [5.41, 5.74) is 1.94. The Morgan fingerprint density at radius 3 is 2.77 bits per heavy atom. The van der Waals surface area contributed by atoms with Crippen LogP contribution in [0.2, 0.25) is 0 Å². The van der Waals surface area contributed by atoms with Gasteiger partial charge >= 0.3 is 0 Å². The smallest absolute Gasteiger partial charge is 0.217 e. The molecule has 120 valence electrons. The lowest BCUT2D eigenvalue weighted by molar-refractivity contribution is -0.119. The van der Waals surface area contributed by atoms with E-state index in [0.717, 1.165) is 36.1 Å². The van der Waals surface area contributed by atoms with E-state index in [-0.39, 0.29) is 11.9 Å². The largest absolute Gasteiger partial charge is 0.493 e. The topological polar surface area (TPSA) is 58.6 Å². The molecule has 0 saturated heterocycles. The molecule has 2 aliphatic rings.